The van der Waals surface area contributed by atoms with Gasteiger partial charge in [-0.3, -0.25) is 14.3 Å². The third-order valence-electron chi connectivity index (χ3n) is 2.96. The first-order valence-corrected chi connectivity index (χ1v) is 8.65. The first kappa shape index (κ1) is 14.2. The second kappa shape index (κ2) is 5.55. The topological polar surface area (TPSA) is 83.7 Å². The van der Waals surface area contributed by atoms with Crippen molar-refractivity contribution < 1.29 is 4.55 Å². The predicted molar refractivity (Wildman–Crippen MR) is 82.9 cm³/mol. The van der Waals surface area contributed by atoms with Gasteiger partial charge in [-0.1, -0.05) is 6.07 Å². The van der Waals surface area contributed by atoms with E-state index in [1.54, 1.807) is 18.3 Å². The number of nitrogens with zero attached hydrogens (tertiary/aromatic N) is 4. The molecule has 0 N–H and O–H groups in total. The maximum absolute atomic E-state index is 12.5. The highest BCUT2D eigenvalue weighted by Gasteiger charge is 2.19. The summed E-state index contributed by atoms with van der Waals surface area (Å²) in [5.74, 6) is 0.507. The predicted octanol–water partition coefficient (Wildman–Crippen LogP) is 1.67. The minimum Gasteiger partial charge on any atom is -0.610 e. The largest absolute Gasteiger partial charge is 0.610 e. The summed E-state index contributed by atoms with van der Waals surface area (Å²) in [6.45, 7) is 2.34. The summed E-state index contributed by atoms with van der Waals surface area (Å²) in [5, 5.41) is 0. The summed E-state index contributed by atoms with van der Waals surface area (Å²) in [4.78, 5) is 25.9. The maximum Gasteiger partial charge on any atom is 0.304 e. The molecule has 0 aliphatic rings. The second-order valence-electron chi connectivity index (χ2n) is 4.29. The van der Waals surface area contributed by atoms with E-state index in [-0.39, 0.29) is 11.1 Å². The van der Waals surface area contributed by atoms with Crippen molar-refractivity contribution in [2.24, 2.45) is 0 Å². The van der Waals surface area contributed by atoms with E-state index in [2.05, 4.69) is 15.0 Å². The molecule has 0 amide bonds. The van der Waals surface area contributed by atoms with Gasteiger partial charge < -0.3 is 4.55 Å². The molecular formula is C13H12N4O2S2. The number of fused-ring (bicyclic) bond motifs is 1. The molecule has 0 saturated carbocycles. The molecule has 8 heteroatoms. The molecule has 0 radical (unpaired) electrons. The lowest BCUT2D eigenvalue weighted by Gasteiger charge is -2.08. The van der Waals surface area contributed by atoms with Crippen LogP contribution in [0.2, 0.25) is 0 Å². The average molecular weight is 320 g/mol. The molecule has 108 valence electrons. The van der Waals surface area contributed by atoms with Crippen LogP contribution in [0.5, 0.6) is 0 Å². The Balaban J connectivity index is 2.32. The lowest BCUT2D eigenvalue weighted by Crippen LogP contribution is -2.22. The highest BCUT2D eigenvalue weighted by Crippen LogP contribution is 2.24. The van der Waals surface area contributed by atoms with E-state index in [0.29, 0.717) is 27.2 Å². The molecule has 0 saturated heterocycles. The van der Waals surface area contributed by atoms with E-state index < -0.39 is 11.2 Å². The molecule has 0 spiro atoms. The zero-order valence-corrected chi connectivity index (χ0v) is 13.1. The number of hydrogen-bond acceptors (Lipinski definition) is 6. The lowest BCUT2D eigenvalue weighted by molar-refractivity contribution is 0.600. The van der Waals surface area contributed by atoms with Crippen molar-refractivity contribution in [3.8, 4) is 11.5 Å². The third-order valence-corrected chi connectivity index (χ3v) is 5.24. The Labute approximate surface area is 127 Å². The molecule has 1 atom stereocenters. The van der Waals surface area contributed by atoms with Crippen molar-refractivity contribution in [1.29, 1.82) is 0 Å². The average Bonchev–Trinajstić information content (AvgIpc) is 2.93. The molecule has 0 aliphatic heterocycles. The van der Waals surface area contributed by atoms with Gasteiger partial charge in [-0.25, -0.2) is 4.98 Å². The van der Waals surface area contributed by atoms with Crippen LogP contribution in [0.15, 0.2) is 33.5 Å². The Morgan fingerprint density at radius 3 is 2.81 bits per heavy atom. The Hall–Kier alpha value is -1.77. The van der Waals surface area contributed by atoms with Crippen LogP contribution in [0.4, 0.5) is 0 Å². The fraction of sp³-hybridized carbons (Fsp3) is 0.231. The van der Waals surface area contributed by atoms with Gasteiger partial charge in [0.2, 0.25) is 0 Å². The number of aromatic nitrogens is 4. The molecule has 3 aromatic heterocycles. The highest BCUT2D eigenvalue weighted by molar-refractivity contribution is 7.92. The van der Waals surface area contributed by atoms with Crippen LogP contribution in [-0.4, -0.2) is 30.3 Å². The van der Waals surface area contributed by atoms with Crippen LogP contribution >= 0.6 is 11.3 Å². The monoisotopic (exact) mass is 320 g/mol. The number of hydrogen-bond donors (Lipinski definition) is 0. The van der Waals surface area contributed by atoms with Crippen molar-refractivity contribution >= 4 is 32.9 Å². The molecule has 0 bridgehead atoms. The molecule has 1 unspecified atom stereocenters. The van der Waals surface area contributed by atoms with E-state index in [4.69, 9.17) is 0 Å². The number of rotatable bonds is 3. The molecule has 21 heavy (non-hydrogen) atoms. The van der Waals surface area contributed by atoms with Crippen LogP contribution in [0.1, 0.15) is 6.92 Å². The summed E-state index contributed by atoms with van der Waals surface area (Å²) >= 11 is -0.0418. The normalized spacial score (nSPS) is 12.7. The zero-order chi connectivity index (χ0) is 15.0. The molecule has 0 fully saturated rings. The third kappa shape index (κ3) is 2.45. The molecule has 0 aromatic carbocycles. The summed E-state index contributed by atoms with van der Waals surface area (Å²) < 4.78 is 13.5. The summed E-state index contributed by atoms with van der Waals surface area (Å²) in [6.07, 6.45) is 3.20. The molecule has 3 aromatic rings. The smallest absolute Gasteiger partial charge is 0.304 e. The SMILES string of the molecule is CCn1c(-c2ccccn2)nc2sc([S+](C)[O-])nc2c1=O. The van der Waals surface area contributed by atoms with Crippen LogP contribution in [0, 0.1) is 0 Å². The fourth-order valence-corrected chi connectivity index (χ4v) is 3.59. The van der Waals surface area contributed by atoms with Gasteiger partial charge in [-0.05, 0) is 30.4 Å². The Morgan fingerprint density at radius 2 is 2.19 bits per heavy atom. The van der Waals surface area contributed by atoms with Gasteiger partial charge in [0.1, 0.15) is 11.9 Å². The molecule has 3 heterocycles. The Kier molecular flexibility index (Phi) is 3.75. The molecule has 3 rings (SSSR count). The van der Waals surface area contributed by atoms with Crippen LogP contribution in [-0.2, 0) is 17.7 Å². The summed E-state index contributed by atoms with van der Waals surface area (Å²) in [7, 11) is 0. The molecule has 6 nitrogen and oxygen atoms in total. The zero-order valence-electron chi connectivity index (χ0n) is 11.4. The lowest BCUT2D eigenvalue weighted by atomic mass is 10.3. The van der Waals surface area contributed by atoms with E-state index in [1.165, 1.54) is 22.2 Å². The van der Waals surface area contributed by atoms with Crippen LogP contribution in [0.3, 0.4) is 0 Å². The second-order valence-corrected chi connectivity index (χ2v) is 6.82. The minimum atomic E-state index is -1.23. The van der Waals surface area contributed by atoms with Gasteiger partial charge in [-0.2, -0.15) is 4.98 Å². The standard InChI is InChI=1S/C13H12N4O2S2/c1-3-17-10(8-6-4-5-7-14-8)16-11-9(12(17)18)15-13(20-11)21(2)19/h4-7H,3H2,1-2H3. The van der Waals surface area contributed by atoms with Gasteiger partial charge in [0.25, 0.3) is 5.56 Å². The fourth-order valence-electron chi connectivity index (χ4n) is 2.00. The van der Waals surface area contributed by atoms with Gasteiger partial charge in [0.05, 0.1) is 0 Å². The molecular weight excluding hydrogens is 308 g/mol. The van der Waals surface area contributed by atoms with Crippen molar-refractivity contribution in [2.45, 2.75) is 17.8 Å². The van der Waals surface area contributed by atoms with Gasteiger partial charge in [0.15, 0.2) is 16.2 Å². The quantitative estimate of drug-likeness (QED) is 0.685. The molecule has 0 aliphatic carbocycles. The van der Waals surface area contributed by atoms with Crippen molar-refractivity contribution in [3.63, 3.8) is 0 Å². The van der Waals surface area contributed by atoms with Crippen molar-refractivity contribution in [2.75, 3.05) is 6.26 Å². The van der Waals surface area contributed by atoms with Crippen molar-refractivity contribution in [1.82, 2.24) is 19.5 Å². The summed E-state index contributed by atoms with van der Waals surface area (Å²) in [5.41, 5.74) is 0.675. The van der Waals surface area contributed by atoms with Crippen LogP contribution in [0.25, 0.3) is 21.9 Å². The van der Waals surface area contributed by atoms with E-state index >= 15 is 0 Å². The first-order valence-electron chi connectivity index (χ1n) is 6.28. The van der Waals surface area contributed by atoms with E-state index in [1.807, 2.05) is 13.0 Å². The van der Waals surface area contributed by atoms with E-state index in [0.717, 1.165) is 0 Å². The van der Waals surface area contributed by atoms with E-state index in [9.17, 15) is 9.35 Å². The van der Waals surface area contributed by atoms with Crippen LogP contribution < -0.4 is 5.56 Å². The van der Waals surface area contributed by atoms with Gasteiger partial charge in [0, 0.05) is 23.9 Å². The van der Waals surface area contributed by atoms with Gasteiger partial charge in [-0.15, -0.1) is 0 Å². The van der Waals surface area contributed by atoms with Gasteiger partial charge >= 0.3 is 4.34 Å². The minimum absolute atomic E-state index is 0.226. The number of pyridine rings is 1. The maximum atomic E-state index is 12.5. The number of thiazole rings is 1. The first-order chi connectivity index (χ1) is 10.1. The Bertz CT molecular complexity index is 842. The van der Waals surface area contributed by atoms with Crippen molar-refractivity contribution in [3.05, 3.63) is 34.7 Å². The Morgan fingerprint density at radius 1 is 1.38 bits per heavy atom. The summed E-state index contributed by atoms with van der Waals surface area (Å²) in [6, 6.07) is 5.46. The highest BCUT2D eigenvalue weighted by atomic mass is 32.2.